The van der Waals surface area contributed by atoms with Crippen molar-refractivity contribution in [3.8, 4) is 0 Å². The van der Waals surface area contributed by atoms with Crippen LogP contribution in [0.3, 0.4) is 0 Å². The van der Waals surface area contributed by atoms with E-state index in [-0.39, 0.29) is 0 Å². The van der Waals surface area contributed by atoms with Crippen molar-refractivity contribution in [3.05, 3.63) is 34.9 Å². The van der Waals surface area contributed by atoms with Crippen LogP contribution in [0.25, 0.3) is 0 Å². The summed E-state index contributed by atoms with van der Waals surface area (Å²) in [5.41, 5.74) is 5.22. The third-order valence-electron chi connectivity index (χ3n) is 5.80. The van der Waals surface area contributed by atoms with E-state index in [1.165, 1.54) is 51.4 Å². The number of benzene rings is 1. The van der Waals surface area contributed by atoms with Crippen molar-refractivity contribution < 1.29 is 0 Å². The second-order valence-corrected chi connectivity index (χ2v) is 8.00. The fourth-order valence-corrected chi connectivity index (χ4v) is 4.35. The van der Waals surface area contributed by atoms with Gasteiger partial charge in [0.1, 0.15) is 0 Å². The standard InChI is InChI=1S/C20H31N/c1-20(2)12-11-16-9-10-17(15-7-5-4-6-8-15)13-18(16)19(14-20)21-3/h9-10,13,15,19,21H,4-8,11-12,14H2,1-3H3. The Balaban J connectivity index is 1.91. The molecule has 1 saturated carbocycles. The number of fused-ring (bicyclic) bond motifs is 1. The van der Waals surface area contributed by atoms with Gasteiger partial charge in [-0.1, -0.05) is 51.3 Å². The Kier molecular flexibility index (Phi) is 4.40. The third kappa shape index (κ3) is 3.34. The minimum atomic E-state index is 0.442. The van der Waals surface area contributed by atoms with E-state index in [9.17, 15) is 0 Å². The van der Waals surface area contributed by atoms with E-state index >= 15 is 0 Å². The highest BCUT2D eigenvalue weighted by molar-refractivity contribution is 5.37. The molecule has 0 saturated heterocycles. The zero-order valence-electron chi connectivity index (χ0n) is 14.0. The molecule has 0 heterocycles. The summed E-state index contributed by atoms with van der Waals surface area (Å²) in [5, 5.41) is 3.59. The van der Waals surface area contributed by atoms with Crippen LogP contribution in [0.5, 0.6) is 0 Å². The van der Waals surface area contributed by atoms with Crippen LogP contribution in [0.4, 0.5) is 0 Å². The Morgan fingerprint density at radius 2 is 1.86 bits per heavy atom. The maximum absolute atomic E-state index is 3.59. The Labute approximate surface area is 130 Å². The van der Waals surface area contributed by atoms with Crippen molar-refractivity contribution in [1.29, 1.82) is 0 Å². The summed E-state index contributed by atoms with van der Waals surface area (Å²) in [6.45, 7) is 4.84. The minimum absolute atomic E-state index is 0.442. The SMILES string of the molecule is CNC1CC(C)(C)CCc2ccc(C3CCCCC3)cc21. The number of nitrogens with one attached hydrogen (secondary N) is 1. The van der Waals surface area contributed by atoms with Crippen LogP contribution in [0, 0.1) is 5.41 Å². The first-order chi connectivity index (χ1) is 10.1. The van der Waals surface area contributed by atoms with Crippen LogP contribution < -0.4 is 5.32 Å². The van der Waals surface area contributed by atoms with Gasteiger partial charge in [-0.25, -0.2) is 0 Å². The van der Waals surface area contributed by atoms with Gasteiger partial charge in [-0.15, -0.1) is 0 Å². The second kappa shape index (κ2) is 6.12. The van der Waals surface area contributed by atoms with Gasteiger partial charge >= 0.3 is 0 Å². The highest BCUT2D eigenvalue weighted by Crippen LogP contribution is 2.41. The fraction of sp³-hybridized carbons (Fsp3) is 0.700. The topological polar surface area (TPSA) is 12.0 Å². The zero-order chi connectivity index (χ0) is 14.9. The van der Waals surface area contributed by atoms with E-state index in [0.29, 0.717) is 11.5 Å². The molecule has 1 nitrogen and oxygen atoms in total. The molecule has 1 heteroatoms. The lowest BCUT2D eigenvalue weighted by Crippen LogP contribution is -2.23. The van der Waals surface area contributed by atoms with Crippen LogP contribution in [-0.2, 0) is 6.42 Å². The predicted octanol–water partition coefficient (Wildman–Crippen LogP) is 5.36. The number of hydrogen-bond acceptors (Lipinski definition) is 1. The molecule has 2 aliphatic carbocycles. The van der Waals surface area contributed by atoms with Crippen LogP contribution in [0.1, 0.15) is 87.4 Å². The lowest BCUT2D eigenvalue weighted by Gasteiger charge is -2.27. The quantitative estimate of drug-likeness (QED) is 0.722. The van der Waals surface area contributed by atoms with Crippen molar-refractivity contribution in [2.45, 2.75) is 77.2 Å². The minimum Gasteiger partial charge on any atom is -0.313 e. The van der Waals surface area contributed by atoms with Crippen molar-refractivity contribution in [1.82, 2.24) is 5.32 Å². The van der Waals surface area contributed by atoms with Crippen molar-refractivity contribution in [2.75, 3.05) is 7.05 Å². The van der Waals surface area contributed by atoms with Crippen LogP contribution in [0.2, 0.25) is 0 Å². The zero-order valence-corrected chi connectivity index (χ0v) is 14.0. The van der Waals surface area contributed by atoms with Gasteiger partial charge in [0.25, 0.3) is 0 Å². The van der Waals surface area contributed by atoms with Gasteiger partial charge in [-0.05, 0) is 67.2 Å². The van der Waals surface area contributed by atoms with E-state index in [1.807, 2.05) is 0 Å². The summed E-state index contributed by atoms with van der Waals surface area (Å²) in [4.78, 5) is 0. The maximum atomic E-state index is 3.59. The Morgan fingerprint density at radius 3 is 2.57 bits per heavy atom. The number of aryl methyl sites for hydroxylation is 1. The van der Waals surface area contributed by atoms with Gasteiger partial charge in [-0.3, -0.25) is 0 Å². The Hall–Kier alpha value is -0.820. The molecule has 0 radical (unpaired) electrons. The molecule has 3 rings (SSSR count). The predicted molar refractivity (Wildman–Crippen MR) is 90.8 cm³/mol. The highest BCUT2D eigenvalue weighted by atomic mass is 14.9. The summed E-state index contributed by atoms with van der Waals surface area (Å²) in [6.07, 6.45) is 10.9. The van der Waals surface area contributed by atoms with E-state index in [2.05, 4.69) is 44.4 Å². The molecule has 0 aromatic heterocycles. The molecule has 1 unspecified atom stereocenters. The molecule has 1 fully saturated rings. The monoisotopic (exact) mass is 285 g/mol. The smallest absolute Gasteiger partial charge is 0.0325 e. The van der Waals surface area contributed by atoms with Crippen molar-refractivity contribution in [2.24, 2.45) is 5.41 Å². The average Bonchev–Trinajstić information content (AvgIpc) is 2.64. The van der Waals surface area contributed by atoms with Crippen LogP contribution in [-0.4, -0.2) is 7.05 Å². The molecular formula is C20H31N. The lowest BCUT2D eigenvalue weighted by atomic mass is 9.81. The van der Waals surface area contributed by atoms with Gasteiger partial charge in [0, 0.05) is 6.04 Å². The van der Waals surface area contributed by atoms with Crippen LogP contribution in [0.15, 0.2) is 18.2 Å². The molecule has 2 aliphatic rings. The average molecular weight is 285 g/mol. The van der Waals surface area contributed by atoms with E-state index in [0.717, 1.165) is 5.92 Å². The summed E-state index contributed by atoms with van der Waals surface area (Å²) < 4.78 is 0. The number of rotatable bonds is 2. The Morgan fingerprint density at radius 1 is 1.10 bits per heavy atom. The van der Waals surface area contributed by atoms with E-state index in [4.69, 9.17) is 0 Å². The molecule has 21 heavy (non-hydrogen) atoms. The van der Waals surface area contributed by atoms with Crippen molar-refractivity contribution in [3.63, 3.8) is 0 Å². The molecule has 116 valence electrons. The number of hydrogen-bond donors (Lipinski definition) is 1. The molecule has 1 aromatic rings. The van der Waals surface area contributed by atoms with Gasteiger partial charge in [-0.2, -0.15) is 0 Å². The molecule has 1 N–H and O–H groups in total. The van der Waals surface area contributed by atoms with Gasteiger partial charge in [0.15, 0.2) is 0 Å². The molecule has 1 atom stereocenters. The molecule has 0 amide bonds. The normalized spacial score (nSPS) is 26.1. The van der Waals surface area contributed by atoms with Gasteiger partial charge in [0.05, 0.1) is 0 Å². The van der Waals surface area contributed by atoms with E-state index in [1.54, 1.807) is 16.7 Å². The third-order valence-corrected chi connectivity index (χ3v) is 5.80. The molecular weight excluding hydrogens is 254 g/mol. The van der Waals surface area contributed by atoms with Crippen LogP contribution >= 0.6 is 0 Å². The largest absolute Gasteiger partial charge is 0.313 e. The summed E-state index contributed by atoms with van der Waals surface area (Å²) in [6, 6.07) is 7.94. The molecule has 0 bridgehead atoms. The summed E-state index contributed by atoms with van der Waals surface area (Å²) in [5.74, 6) is 0.817. The molecule has 0 spiro atoms. The lowest BCUT2D eigenvalue weighted by molar-refractivity contribution is 0.279. The maximum Gasteiger partial charge on any atom is 0.0325 e. The van der Waals surface area contributed by atoms with Gasteiger partial charge in [0.2, 0.25) is 0 Å². The summed E-state index contributed by atoms with van der Waals surface area (Å²) >= 11 is 0. The first-order valence-corrected chi connectivity index (χ1v) is 8.89. The molecule has 0 aliphatic heterocycles. The van der Waals surface area contributed by atoms with E-state index < -0.39 is 0 Å². The van der Waals surface area contributed by atoms with Crippen molar-refractivity contribution >= 4 is 0 Å². The Bertz CT molecular complexity index is 483. The highest BCUT2D eigenvalue weighted by Gasteiger charge is 2.29. The fourth-order valence-electron chi connectivity index (χ4n) is 4.35. The van der Waals surface area contributed by atoms with Gasteiger partial charge < -0.3 is 5.32 Å². The first kappa shape index (κ1) is 15.1. The first-order valence-electron chi connectivity index (χ1n) is 8.89. The second-order valence-electron chi connectivity index (χ2n) is 8.00. The molecule has 1 aromatic carbocycles. The summed E-state index contributed by atoms with van der Waals surface area (Å²) in [7, 11) is 2.13.